The summed E-state index contributed by atoms with van der Waals surface area (Å²) < 4.78 is 18.4. The summed E-state index contributed by atoms with van der Waals surface area (Å²) in [7, 11) is 1.64. The molecular weight excluding hydrogens is 259 g/mol. The van der Waals surface area contributed by atoms with Gasteiger partial charge in [0.1, 0.15) is 6.61 Å². The molecule has 1 aromatic carbocycles. The van der Waals surface area contributed by atoms with Crippen LogP contribution in [-0.2, 0) is 4.79 Å². The first-order chi connectivity index (χ1) is 8.02. The van der Waals surface area contributed by atoms with E-state index in [1.165, 1.54) is 11.0 Å². The molecule has 1 atom stereocenters. The lowest BCUT2D eigenvalue weighted by molar-refractivity contribution is -0.131. The zero-order valence-electron chi connectivity index (χ0n) is 10.4. The number of carbonyl (C=O) groups excluding carboxylic acids is 1. The maximum absolute atomic E-state index is 13.2. The van der Waals surface area contributed by atoms with Crippen molar-refractivity contribution < 1.29 is 13.9 Å². The maximum Gasteiger partial charge on any atom is 0.239 e. The van der Waals surface area contributed by atoms with E-state index >= 15 is 0 Å². The minimum absolute atomic E-state index is 0. The topological polar surface area (TPSA) is 55.6 Å². The van der Waals surface area contributed by atoms with E-state index in [1.807, 2.05) is 0 Å². The van der Waals surface area contributed by atoms with Crippen LogP contribution in [0, 0.1) is 5.82 Å². The lowest BCUT2D eigenvalue weighted by atomic mass is 10.3. The first-order valence-electron chi connectivity index (χ1n) is 5.40. The third-order valence-corrected chi connectivity index (χ3v) is 2.29. The molecule has 102 valence electrons. The Hall–Kier alpha value is -1.33. The van der Waals surface area contributed by atoms with Crippen molar-refractivity contribution in [1.82, 2.24) is 4.90 Å². The summed E-state index contributed by atoms with van der Waals surface area (Å²) >= 11 is 0. The number of ether oxygens (including phenoxy) is 1. The first kappa shape index (κ1) is 16.7. The highest BCUT2D eigenvalue weighted by molar-refractivity contribution is 5.85. The summed E-state index contributed by atoms with van der Waals surface area (Å²) in [6.45, 7) is 2.22. The Labute approximate surface area is 112 Å². The van der Waals surface area contributed by atoms with Gasteiger partial charge in [-0.15, -0.1) is 12.4 Å². The molecule has 4 nitrogen and oxygen atoms in total. The molecule has 0 aliphatic rings. The van der Waals surface area contributed by atoms with E-state index in [0.717, 1.165) is 0 Å². The monoisotopic (exact) mass is 276 g/mol. The third kappa shape index (κ3) is 4.89. The largest absolute Gasteiger partial charge is 0.489 e. The fraction of sp³-hybridized carbons (Fsp3) is 0.417. The highest BCUT2D eigenvalue weighted by Gasteiger charge is 2.13. The van der Waals surface area contributed by atoms with Crippen molar-refractivity contribution in [3.63, 3.8) is 0 Å². The molecule has 0 bridgehead atoms. The van der Waals surface area contributed by atoms with E-state index in [0.29, 0.717) is 6.54 Å². The third-order valence-electron chi connectivity index (χ3n) is 2.29. The zero-order chi connectivity index (χ0) is 12.8. The van der Waals surface area contributed by atoms with Crippen molar-refractivity contribution in [3.05, 3.63) is 30.1 Å². The normalized spacial score (nSPS) is 11.3. The van der Waals surface area contributed by atoms with Gasteiger partial charge in [-0.3, -0.25) is 4.79 Å². The van der Waals surface area contributed by atoms with Gasteiger partial charge >= 0.3 is 0 Å². The number of benzene rings is 1. The molecule has 0 radical (unpaired) electrons. The molecule has 18 heavy (non-hydrogen) atoms. The van der Waals surface area contributed by atoms with E-state index in [9.17, 15) is 9.18 Å². The van der Waals surface area contributed by atoms with Crippen LogP contribution < -0.4 is 10.5 Å². The molecule has 1 unspecified atom stereocenters. The smallest absolute Gasteiger partial charge is 0.239 e. The Kier molecular flexibility index (Phi) is 7.31. The molecule has 0 aliphatic carbocycles. The second-order valence-corrected chi connectivity index (χ2v) is 3.83. The molecule has 0 fully saturated rings. The molecule has 6 heteroatoms. The summed E-state index contributed by atoms with van der Waals surface area (Å²) in [5.41, 5.74) is 5.45. The van der Waals surface area contributed by atoms with Crippen molar-refractivity contribution in [2.75, 3.05) is 20.2 Å². The SMILES string of the molecule is CC(N)C(=O)N(C)CCOc1ccccc1F.Cl. The zero-order valence-corrected chi connectivity index (χ0v) is 11.2. The summed E-state index contributed by atoms with van der Waals surface area (Å²) in [5, 5.41) is 0. The van der Waals surface area contributed by atoms with E-state index in [-0.39, 0.29) is 30.7 Å². The highest BCUT2D eigenvalue weighted by Crippen LogP contribution is 2.14. The Morgan fingerprint density at radius 2 is 2.11 bits per heavy atom. The van der Waals surface area contributed by atoms with Gasteiger partial charge < -0.3 is 15.4 Å². The summed E-state index contributed by atoms with van der Waals surface area (Å²) in [4.78, 5) is 12.9. The Balaban J connectivity index is 0.00000289. The number of para-hydroxylation sites is 1. The van der Waals surface area contributed by atoms with Crippen molar-refractivity contribution in [1.29, 1.82) is 0 Å². The van der Waals surface area contributed by atoms with Crippen LogP contribution in [0.25, 0.3) is 0 Å². The molecule has 0 spiro atoms. The number of nitrogens with two attached hydrogens (primary N) is 1. The van der Waals surface area contributed by atoms with Crippen LogP contribution in [0.1, 0.15) is 6.92 Å². The molecule has 1 amide bonds. The number of carbonyl (C=O) groups is 1. The van der Waals surface area contributed by atoms with Crippen LogP contribution >= 0.6 is 12.4 Å². The van der Waals surface area contributed by atoms with Gasteiger partial charge in [-0.2, -0.15) is 0 Å². The van der Waals surface area contributed by atoms with Gasteiger partial charge in [0.05, 0.1) is 12.6 Å². The van der Waals surface area contributed by atoms with Crippen molar-refractivity contribution >= 4 is 18.3 Å². The Bertz CT molecular complexity index is 388. The Morgan fingerprint density at radius 1 is 1.50 bits per heavy atom. The quantitative estimate of drug-likeness (QED) is 0.885. The predicted octanol–water partition coefficient (Wildman–Crippen LogP) is 1.43. The van der Waals surface area contributed by atoms with Gasteiger partial charge in [0, 0.05) is 7.05 Å². The second kappa shape index (κ2) is 7.89. The molecule has 0 heterocycles. The van der Waals surface area contributed by atoms with Crippen LogP contribution in [0.15, 0.2) is 24.3 Å². The average Bonchev–Trinajstić information content (AvgIpc) is 2.30. The van der Waals surface area contributed by atoms with Crippen molar-refractivity contribution in [2.45, 2.75) is 13.0 Å². The molecule has 2 N–H and O–H groups in total. The maximum atomic E-state index is 13.2. The fourth-order valence-electron chi connectivity index (χ4n) is 1.31. The van der Waals surface area contributed by atoms with Gasteiger partial charge in [0.2, 0.25) is 5.91 Å². The molecule has 0 aromatic heterocycles. The molecule has 0 saturated carbocycles. The van der Waals surface area contributed by atoms with Crippen molar-refractivity contribution in [2.24, 2.45) is 5.73 Å². The van der Waals surface area contributed by atoms with E-state index in [4.69, 9.17) is 10.5 Å². The fourth-order valence-corrected chi connectivity index (χ4v) is 1.31. The molecule has 0 aliphatic heterocycles. The first-order valence-corrected chi connectivity index (χ1v) is 5.40. The number of hydrogen-bond acceptors (Lipinski definition) is 3. The lowest BCUT2D eigenvalue weighted by Crippen LogP contribution is -2.41. The number of hydrogen-bond donors (Lipinski definition) is 1. The standard InChI is InChI=1S/C12H17FN2O2.ClH/c1-9(14)12(16)15(2)7-8-17-11-6-4-3-5-10(11)13;/h3-6,9H,7-8,14H2,1-2H3;1H. The molecule has 1 rings (SSSR count). The Morgan fingerprint density at radius 3 is 2.67 bits per heavy atom. The molecule has 0 saturated heterocycles. The number of amides is 1. The number of likely N-dealkylation sites (N-methyl/N-ethyl adjacent to an activating group) is 1. The molecular formula is C12H18ClFN2O2. The van der Waals surface area contributed by atoms with Gasteiger partial charge in [-0.25, -0.2) is 4.39 Å². The predicted molar refractivity (Wildman–Crippen MR) is 70.4 cm³/mol. The van der Waals surface area contributed by atoms with Crippen LogP contribution in [0.4, 0.5) is 4.39 Å². The van der Waals surface area contributed by atoms with Crippen LogP contribution in [0.5, 0.6) is 5.75 Å². The van der Waals surface area contributed by atoms with Gasteiger partial charge in [0.15, 0.2) is 11.6 Å². The summed E-state index contributed by atoms with van der Waals surface area (Å²) in [6, 6.07) is 5.62. The minimum Gasteiger partial charge on any atom is -0.489 e. The van der Waals surface area contributed by atoms with Crippen LogP contribution in [0.3, 0.4) is 0 Å². The van der Waals surface area contributed by atoms with Crippen LogP contribution in [0.2, 0.25) is 0 Å². The number of rotatable bonds is 5. The summed E-state index contributed by atoms with van der Waals surface area (Å²) in [6.07, 6.45) is 0. The van der Waals surface area contributed by atoms with Gasteiger partial charge in [0.25, 0.3) is 0 Å². The number of nitrogens with zero attached hydrogens (tertiary/aromatic N) is 1. The lowest BCUT2D eigenvalue weighted by Gasteiger charge is -2.19. The average molecular weight is 277 g/mol. The number of halogens is 2. The van der Waals surface area contributed by atoms with E-state index in [1.54, 1.807) is 32.2 Å². The van der Waals surface area contributed by atoms with Crippen LogP contribution in [-0.4, -0.2) is 37.0 Å². The minimum atomic E-state index is -0.534. The van der Waals surface area contributed by atoms with Gasteiger partial charge in [-0.05, 0) is 19.1 Å². The summed E-state index contributed by atoms with van der Waals surface area (Å²) in [5.74, 6) is -0.384. The second-order valence-electron chi connectivity index (χ2n) is 3.83. The van der Waals surface area contributed by atoms with E-state index < -0.39 is 11.9 Å². The molecule has 1 aromatic rings. The van der Waals surface area contributed by atoms with Gasteiger partial charge in [-0.1, -0.05) is 12.1 Å². The highest BCUT2D eigenvalue weighted by atomic mass is 35.5. The van der Waals surface area contributed by atoms with E-state index in [2.05, 4.69) is 0 Å². The van der Waals surface area contributed by atoms with Crippen molar-refractivity contribution in [3.8, 4) is 5.75 Å².